The fraction of sp³-hybridized carbons (Fsp3) is 0.667. The number of carbonyl (C=O) groups is 2. The van der Waals surface area contributed by atoms with E-state index in [4.69, 9.17) is 4.42 Å². The van der Waals surface area contributed by atoms with Gasteiger partial charge in [-0.2, -0.15) is 0 Å². The van der Waals surface area contributed by atoms with Crippen LogP contribution in [0.5, 0.6) is 0 Å². The van der Waals surface area contributed by atoms with Crippen LogP contribution >= 0.6 is 0 Å². The number of likely N-dealkylation sites (tertiary alicyclic amines) is 1. The van der Waals surface area contributed by atoms with Crippen LogP contribution in [0.3, 0.4) is 0 Å². The van der Waals surface area contributed by atoms with Crippen molar-refractivity contribution in [2.45, 2.75) is 26.4 Å². The van der Waals surface area contributed by atoms with Crippen molar-refractivity contribution in [2.24, 2.45) is 5.92 Å². The van der Waals surface area contributed by atoms with E-state index in [0.717, 1.165) is 45.0 Å². The summed E-state index contributed by atoms with van der Waals surface area (Å²) in [5, 5.41) is 2.91. The molecule has 1 aromatic heterocycles. The Bertz CT molecular complexity index is 581. The Morgan fingerprint density at radius 2 is 2.00 bits per heavy atom. The van der Waals surface area contributed by atoms with E-state index >= 15 is 0 Å². The van der Waals surface area contributed by atoms with Crippen LogP contribution in [0.15, 0.2) is 22.8 Å². The first-order chi connectivity index (χ1) is 12.0. The van der Waals surface area contributed by atoms with Crippen molar-refractivity contribution in [2.75, 3.05) is 45.8 Å². The predicted octanol–water partition coefficient (Wildman–Crippen LogP) is 0.380. The molecular formula is C18H28N4O3. The SMILES string of the molecule is CC(=O)N1CCN([C@@H]2CN(CC(=O)NCc3ccco3)C[C@H]2C)CC1. The van der Waals surface area contributed by atoms with Gasteiger partial charge in [0.15, 0.2) is 0 Å². The van der Waals surface area contributed by atoms with Gasteiger partial charge in [0.2, 0.25) is 11.8 Å². The van der Waals surface area contributed by atoms with Crippen molar-refractivity contribution >= 4 is 11.8 Å². The summed E-state index contributed by atoms with van der Waals surface area (Å²) in [4.78, 5) is 30.2. The first kappa shape index (κ1) is 17.9. The zero-order valence-corrected chi connectivity index (χ0v) is 15.1. The first-order valence-corrected chi connectivity index (χ1v) is 9.04. The van der Waals surface area contributed by atoms with Crippen LogP contribution in [-0.4, -0.2) is 78.4 Å². The largest absolute Gasteiger partial charge is 0.467 e. The number of rotatable bonds is 5. The van der Waals surface area contributed by atoms with Gasteiger partial charge in [-0.1, -0.05) is 6.92 Å². The maximum Gasteiger partial charge on any atom is 0.234 e. The molecule has 7 nitrogen and oxygen atoms in total. The quantitative estimate of drug-likeness (QED) is 0.833. The van der Waals surface area contributed by atoms with Gasteiger partial charge in [-0.05, 0) is 18.1 Å². The highest BCUT2D eigenvalue weighted by Gasteiger charge is 2.36. The lowest BCUT2D eigenvalue weighted by Gasteiger charge is -2.39. The number of carbonyl (C=O) groups excluding carboxylic acids is 2. The average Bonchev–Trinajstić information content (AvgIpc) is 3.23. The van der Waals surface area contributed by atoms with Crippen molar-refractivity contribution in [3.8, 4) is 0 Å². The lowest BCUT2D eigenvalue weighted by Crippen LogP contribution is -2.53. The summed E-state index contributed by atoms with van der Waals surface area (Å²) in [5.74, 6) is 1.49. The number of piperazine rings is 1. The summed E-state index contributed by atoms with van der Waals surface area (Å²) in [6, 6.07) is 4.14. The highest BCUT2D eigenvalue weighted by atomic mass is 16.3. The zero-order chi connectivity index (χ0) is 17.8. The van der Waals surface area contributed by atoms with E-state index in [1.54, 1.807) is 13.2 Å². The molecule has 2 amide bonds. The normalized spacial score (nSPS) is 25.3. The summed E-state index contributed by atoms with van der Waals surface area (Å²) in [7, 11) is 0. The van der Waals surface area contributed by atoms with Crippen LogP contribution in [-0.2, 0) is 16.1 Å². The van der Waals surface area contributed by atoms with Gasteiger partial charge in [0, 0.05) is 52.2 Å². The molecule has 0 saturated carbocycles. The van der Waals surface area contributed by atoms with Crippen molar-refractivity contribution in [1.82, 2.24) is 20.0 Å². The first-order valence-electron chi connectivity index (χ1n) is 9.04. The van der Waals surface area contributed by atoms with E-state index in [1.165, 1.54) is 0 Å². The molecule has 2 saturated heterocycles. The maximum atomic E-state index is 12.1. The van der Waals surface area contributed by atoms with Gasteiger partial charge in [0.25, 0.3) is 0 Å². The van der Waals surface area contributed by atoms with E-state index < -0.39 is 0 Å². The Hall–Kier alpha value is -1.86. The molecule has 7 heteroatoms. The molecule has 0 aliphatic carbocycles. The third kappa shape index (κ3) is 4.61. The highest BCUT2D eigenvalue weighted by molar-refractivity contribution is 5.78. The van der Waals surface area contributed by atoms with Crippen molar-refractivity contribution in [3.05, 3.63) is 24.2 Å². The second kappa shape index (κ2) is 8.01. The van der Waals surface area contributed by atoms with Gasteiger partial charge in [0.05, 0.1) is 19.4 Å². The lowest BCUT2D eigenvalue weighted by molar-refractivity contribution is -0.131. The Morgan fingerprint density at radius 1 is 1.24 bits per heavy atom. The minimum absolute atomic E-state index is 0.0330. The van der Waals surface area contributed by atoms with E-state index in [9.17, 15) is 9.59 Å². The molecule has 0 spiro atoms. The Kier molecular flexibility index (Phi) is 5.75. The minimum Gasteiger partial charge on any atom is -0.467 e. The standard InChI is InChI=1S/C18H28N4O3/c1-14-11-20(13-18(24)19-10-16-4-3-9-25-16)12-17(14)22-7-5-21(6-8-22)15(2)23/h3-4,9,14,17H,5-8,10-13H2,1-2H3,(H,19,24)/t14-,17-/m1/s1. The van der Waals surface area contributed by atoms with E-state index in [-0.39, 0.29) is 11.8 Å². The molecule has 0 bridgehead atoms. The van der Waals surface area contributed by atoms with Crippen molar-refractivity contribution in [1.29, 1.82) is 0 Å². The lowest BCUT2D eigenvalue weighted by atomic mass is 10.0. The van der Waals surface area contributed by atoms with Crippen LogP contribution < -0.4 is 5.32 Å². The minimum atomic E-state index is 0.0330. The molecule has 25 heavy (non-hydrogen) atoms. The van der Waals surface area contributed by atoms with Crippen LogP contribution in [0.25, 0.3) is 0 Å². The molecule has 2 aliphatic heterocycles. The van der Waals surface area contributed by atoms with Gasteiger partial charge in [0.1, 0.15) is 5.76 Å². The average molecular weight is 348 g/mol. The third-order valence-corrected chi connectivity index (χ3v) is 5.28. The number of nitrogens with zero attached hydrogens (tertiary/aromatic N) is 3. The molecule has 1 N–H and O–H groups in total. The molecule has 138 valence electrons. The van der Waals surface area contributed by atoms with E-state index in [1.807, 2.05) is 17.0 Å². The fourth-order valence-electron chi connectivity index (χ4n) is 3.88. The number of furan rings is 1. The van der Waals surface area contributed by atoms with Gasteiger partial charge in [-0.15, -0.1) is 0 Å². The third-order valence-electron chi connectivity index (χ3n) is 5.28. The Balaban J connectivity index is 1.43. The van der Waals surface area contributed by atoms with Crippen LogP contribution in [0.1, 0.15) is 19.6 Å². The maximum absolute atomic E-state index is 12.1. The summed E-state index contributed by atoms with van der Waals surface area (Å²) in [6.07, 6.45) is 1.61. The zero-order valence-electron chi connectivity index (χ0n) is 15.1. The second-order valence-electron chi connectivity index (χ2n) is 7.14. The number of hydrogen-bond acceptors (Lipinski definition) is 5. The summed E-state index contributed by atoms with van der Waals surface area (Å²) in [6.45, 7) is 10.1. The Labute approximate surface area is 148 Å². The molecule has 2 aliphatic rings. The molecule has 2 fully saturated rings. The van der Waals surface area contributed by atoms with Crippen LogP contribution in [0, 0.1) is 5.92 Å². The molecule has 2 atom stereocenters. The molecule has 1 aromatic rings. The van der Waals surface area contributed by atoms with Crippen LogP contribution in [0.2, 0.25) is 0 Å². The monoisotopic (exact) mass is 348 g/mol. The summed E-state index contributed by atoms with van der Waals surface area (Å²) >= 11 is 0. The fourth-order valence-corrected chi connectivity index (χ4v) is 3.88. The van der Waals surface area contributed by atoms with E-state index in [0.29, 0.717) is 25.0 Å². The molecule has 3 rings (SSSR count). The molecule has 0 unspecified atom stereocenters. The molecule has 0 radical (unpaired) electrons. The smallest absolute Gasteiger partial charge is 0.234 e. The Morgan fingerprint density at radius 3 is 2.64 bits per heavy atom. The van der Waals surface area contributed by atoms with Crippen LogP contribution in [0.4, 0.5) is 0 Å². The molecule has 3 heterocycles. The van der Waals surface area contributed by atoms with Gasteiger partial charge < -0.3 is 14.6 Å². The number of hydrogen-bond donors (Lipinski definition) is 1. The van der Waals surface area contributed by atoms with Gasteiger partial charge in [-0.3, -0.25) is 19.4 Å². The summed E-state index contributed by atoms with van der Waals surface area (Å²) < 4.78 is 5.23. The van der Waals surface area contributed by atoms with E-state index in [2.05, 4.69) is 22.0 Å². The van der Waals surface area contributed by atoms with Crippen molar-refractivity contribution in [3.63, 3.8) is 0 Å². The summed E-state index contributed by atoms with van der Waals surface area (Å²) in [5.41, 5.74) is 0. The topological polar surface area (TPSA) is 69.0 Å². The highest BCUT2D eigenvalue weighted by Crippen LogP contribution is 2.22. The molecular weight excluding hydrogens is 320 g/mol. The van der Waals surface area contributed by atoms with Crippen molar-refractivity contribution < 1.29 is 14.0 Å². The number of nitrogens with one attached hydrogen (secondary N) is 1. The molecule has 0 aromatic carbocycles. The second-order valence-corrected chi connectivity index (χ2v) is 7.14. The predicted molar refractivity (Wildman–Crippen MR) is 93.8 cm³/mol. The number of amides is 2. The van der Waals surface area contributed by atoms with Gasteiger partial charge >= 0.3 is 0 Å². The van der Waals surface area contributed by atoms with Gasteiger partial charge in [-0.25, -0.2) is 0 Å².